The van der Waals surface area contributed by atoms with Crippen molar-refractivity contribution in [2.75, 3.05) is 0 Å². The standard InChI is InChI=1S/C6H5ClF3N/c1-11-4(6(8,9)10)2-3-5(11)7/h2-3H,1H3. The third-order valence-corrected chi connectivity index (χ3v) is 1.73. The second-order valence-corrected chi connectivity index (χ2v) is 2.49. The van der Waals surface area contributed by atoms with Crippen LogP contribution >= 0.6 is 11.6 Å². The highest BCUT2D eigenvalue weighted by Crippen LogP contribution is 2.31. The molecular weight excluding hydrogens is 179 g/mol. The predicted octanol–water partition coefficient (Wildman–Crippen LogP) is 2.70. The molecule has 0 saturated carbocycles. The Bertz CT molecular complexity index is 263. The molecule has 5 heteroatoms. The Morgan fingerprint density at radius 3 is 2.09 bits per heavy atom. The number of hydrogen-bond donors (Lipinski definition) is 0. The van der Waals surface area contributed by atoms with Gasteiger partial charge in [-0.05, 0) is 12.1 Å². The summed E-state index contributed by atoms with van der Waals surface area (Å²) in [5, 5.41) is 0.0809. The van der Waals surface area contributed by atoms with Gasteiger partial charge in [-0.3, -0.25) is 0 Å². The molecule has 0 amide bonds. The van der Waals surface area contributed by atoms with E-state index in [0.29, 0.717) is 0 Å². The van der Waals surface area contributed by atoms with Crippen LogP contribution in [-0.4, -0.2) is 4.57 Å². The van der Waals surface area contributed by atoms with Crippen LogP contribution in [0.2, 0.25) is 5.15 Å². The van der Waals surface area contributed by atoms with E-state index in [2.05, 4.69) is 0 Å². The van der Waals surface area contributed by atoms with E-state index < -0.39 is 11.9 Å². The van der Waals surface area contributed by atoms with Gasteiger partial charge in [0.15, 0.2) is 0 Å². The molecule has 1 aromatic heterocycles. The molecule has 1 heterocycles. The fraction of sp³-hybridized carbons (Fsp3) is 0.333. The summed E-state index contributed by atoms with van der Waals surface area (Å²) in [6, 6.07) is 2.16. The van der Waals surface area contributed by atoms with Crippen molar-refractivity contribution in [2.45, 2.75) is 6.18 Å². The molecule has 0 unspecified atom stereocenters. The zero-order valence-electron chi connectivity index (χ0n) is 5.61. The number of aromatic nitrogens is 1. The summed E-state index contributed by atoms with van der Waals surface area (Å²) < 4.78 is 36.8. The van der Waals surface area contributed by atoms with Gasteiger partial charge < -0.3 is 4.57 Å². The van der Waals surface area contributed by atoms with Crippen LogP contribution in [0.5, 0.6) is 0 Å². The number of alkyl halides is 3. The van der Waals surface area contributed by atoms with Crippen molar-refractivity contribution in [2.24, 2.45) is 7.05 Å². The highest BCUT2D eigenvalue weighted by molar-refractivity contribution is 6.29. The van der Waals surface area contributed by atoms with Crippen LogP contribution in [-0.2, 0) is 13.2 Å². The summed E-state index contributed by atoms with van der Waals surface area (Å²) in [6.45, 7) is 0. The van der Waals surface area contributed by atoms with Gasteiger partial charge in [0.2, 0.25) is 0 Å². The molecule has 1 aromatic rings. The van der Waals surface area contributed by atoms with Crippen LogP contribution < -0.4 is 0 Å². The Morgan fingerprint density at radius 2 is 1.91 bits per heavy atom. The van der Waals surface area contributed by atoms with Gasteiger partial charge in [0.05, 0.1) is 0 Å². The van der Waals surface area contributed by atoms with Crippen LogP contribution in [0.25, 0.3) is 0 Å². The summed E-state index contributed by atoms with van der Waals surface area (Å²) in [5.41, 5.74) is -0.734. The van der Waals surface area contributed by atoms with E-state index in [1.165, 1.54) is 13.1 Å². The summed E-state index contributed by atoms with van der Waals surface area (Å²) in [5.74, 6) is 0. The van der Waals surface area contributed by atoms with Crippen molar-refractivity contribution in [1.82, 2.24) is 4.57 Å². The topological polar surface area (TPSA) is 4.93 Å². The normalized spacial score (nSPS) is 12.1. The molecule has 0 saturated heterocycles. The first-order valence-corrected chi connectivity index (χ1v) is 3.19. The molecular formula is C6H5ClF3N. The smallest absolute Gasteiger partial charge is 0.331 e. The molecule has 0 aliphatic carbocycles. The van der Waals surface area contributed by atoms with Gasteiger partial charge in [0, 0.05) is 7.05 Å². The molecule has 0 bridgehead atoms. The van der Waals surface area contributed by atoms with Gasteiger partial charge >= 0.3 is 6.18 Å². The molecule has 0 radical (unpaired) electrons. The van der Waals surface area contributed by atoms with E-state index in [9.17, 15) is 13.2 Å². The lowest BCUT2D eigenvalue weighted by atomic mass is 10.4. The Balaban J connectivity index is 3.15. The van der Waals surface area contributed by atoms with Crippen LogP contribution in [0, 0.1) is 0 Å². The number of hydrogen-bond acceptors (Lipinski definition) is 0. The number of rotatable bonds is 0. The number of halogens is 4. The first kappa shape index (κ1) is 8.46. The van der Waals surface area contributed by atoms with Crippen molar-refractivity contribution in [3.8, 4) is 0 Å². The monoisotopic (exact) mass is 183 g/mol. The lowest BCUT2D eigenvalue weighted by Gasteiger charge is -2.07. The Hall–Kier alpha value is -0.640. The fourth-order valence-corrected chi connectivity index (χ4v) is 0.925. The van der Waals surface area contributed by atoms with Gasteiger partial charge in [0.1, 0.15) is 10.8 Å². The van der Waals surface area contributed by atoms with E-state index in [1.54, 1.807) is 0 Å². The van der Waals surface area contributed by atoms with Gasteiger partial charge in [0.25, 0.3) is 0 Å². The largest absolute Gasteiger partial charge is 0.431 e. The van der Waals surface area contributed by atoms with E-state index in [0.717, 1.165) is 10.6 Å². The van der Waals surface area contributed by atoms with E-state index >= 15 is 0 Å². The molecule has 0 spiro atoms. The van der Waals surface area contributed by atoms with Gasteiger partial charge in [-0.15, -0.1) is 0 Å². The first-order valence-electron chi connectivity index (χ1n) is 2.81. The Kier molecular flexibility index (Phi) is 1.88. The summed E-state index contributed by atoms with van der Waals surface area (Å²) in [4.78, 5) is 0. The van der Waals surface area contributed by atoms with Crippen molar-refractivity contribution >= 4 is 11.6 Å². The van der Waals surface area contributed by atoms with Crippen LogP contribution in [0.4, 0.5) is 13.2 Å². The summed E-state index contributed by atoms with van der Waals surface area (Å²) >= 11 is 5.40. The molecule has 0 fully saturated rings. The highest BCUT2D eigenvalue weighted by Gasteiger charge is 2.33. The van der Waals surface area contributed by atoms with E-state index in [1.807, 2.05) is 0 Å². The maximum atomic E-state index is 12.0. The molecule has 0 atom stereocenters. The van der Waals surface area contributed by atoms with Crippen LogP contribution in [0.1, 0.15) is 5.69 Å². The quantitative estimate of drug-likeness (QED) is 0.583. The van der Waals surface area contributed by atoms with Crippen LogP contribution in [0.3, 0.4) is 0 Å². The van der Waals surface area contributed by atoms with Crippen molar-refractivity contribution < 1.29 is 13.2 Å². The van der Waals surface area contributed by atoms with Gasteiger partial charge in [-0.2, -0.15) is 13.2 Å². The molecule has 1 rings (SSSR count). The van der Waals surface area contributed by atoms with Crippen LogP contribution in [0.15, 0.2) is 12.1 Å². The van der Waals surface area contributed by atoms with E-state index in [4.69, 9.17) is 11.6 Å². The van der Waals surface area contributed by atoms with Crippen molar-refractivity contribution in [1.29, 1.82) is 0 Å². The average Bonchev–Trinajstić information content (AvgIpc) is 2.11. The lowest BCUT2D eigenvalue weighted by molar-refractivity contribution is -0.143. The van der Waals surface area contributed by atoms with E-state index in [-0.39, 0.29) is 5.15 Å². The summed E-state index contributed by atoms with van der Waals surface area (Å²) in [7, 11) is 1.27. The zero-order valence-corrected chi connectivity index (χ0v) is 6.37. The van der Waals surface area contributed by atoms with Gasteiger partial charge in [-0.25, -0.2) is 0 Å². The predicted molar refractivity (Wildman–Crippen MR) is 35.4 cm³/mol. The SMILES string of the molecule is Cn1c(Cl)ccc1C(F)(F)F. The zero-order chi connectivity index (χ0) is 8.65. The summed E-state index contributed by atoms with van der Waals surface area (Å²) in [6.07, 6.45) is -4.32. The maximum absolute atomic E-state index is 12.0. The van der Waals surface area contributed by atoms with Crippen molar-refractivity contribution in [3.63, 3.8) is 0 Å². The minimum absolute atomic E-state index is 0.0809. The molecule has 62 valence electrons. The molecule has 0 aromatic carbocycles. The fourth-order valence-electron chi connectivity index (χ4n) is 0.771. The molecule has 0 N–H and O–H groups in total. The highest BCUT2D eigenvalue weighted by atomic mass is 35.5. The lowest BCUT2D eigenvalue weighted by Crippen LogP contribution is -2.10. The molecule has 11 heavy (non-hydrogen) atoms. The first-order chi connectivity index (χ1) is 4.93. The Labute approximate surface area is 66.4 Å². The molecule has 1 nitrogen and oxygen atoms in total. The second-order valence-electron chi connectivity index (χ2n) is 2.10. The molecule has 0 aliphatic rings. The second kappa shape index (κ2) is 2.44. The van der Waals surface area contributed by atoms with Crippen molar-refractivity contribution in [3.05, 3.63) is 23.0 Å². The average molecular weight is 184 g/mol. The van der Waals surface area contributed by atoms with Gasteiger partial charge in [-0.1, -0.05) is 11.6 Å². The Morgan fingerprint density at radius 1 is 1.36 bits per heavy atom. The minimum Gasteiger partial charge on any atom is -0.331 e. The minimum atomic E-state index is -4.32. The molecule has 0 aliphatic heterocycles. The maximum Gasteiger partial charge on any atom is 0.431 e. The number of nitrogens with zero attached hydrogens (tertiary/aromatic N) is 1. The third-order valence-electron chi connectivity index (χ3n) is 1.35. The third kappa shape index (κ3) is 1.50.